The first kappa shape index (κ1) is 23.1. The number of nitrogens with one attached hydrogen (secondary N) is 1. The average Bonchev–Trinajstić information content (AvgIpc) is 3.48. The molecule has 182 valence electrons. The highest BCUT2D eigenvalue weighted by Gasteiger charge is 2.14. The van der Waals surface area contributed by atoms with Crippen molar-refractivity contribution >= 4 is 16.9 Å². The molecule has 3 N–H and O–H groups in total. The fourth-order valence-electron chi connectivity index (χ4n) is 4.60. The molecule has 8 heteroatoms. The number of unbranched alkanes of at least 4 members (excludes halogenated alkanes) is 1. The number of benzene rings is 1. The van der Waals surface area contributed by atoms with Gasteiger partial charge in [-0.1, -0.05) is 37.6 Å². The summed E-state index contributed by atoms with van der Waals surface area (Å²) >= 11 is 0. The van der Waals surface area contributed by atoms with Crippen molar-refractivity contribution in [2.24, 2.45) is 0 Å². The Morgan fingerprint density at radius 1 is 1.09 bits per heavy atom. The van der Waals surface area contributed by atoms with E-state index in [1.54, 1.807) is 10.6 Å². The van der Waals surface area contributed by atoms with E-state index >= 15 is 0 Å². The van der Waals surface area contributed by atoms with E-state index in [0.717, 1.165) is 36.2 Å². The molecular formula is C27H32N6O2. The minimum absolute atomic E-state index is 0.238. The van der Waals surface area contributed by atoms with E-state index in [0.29, 0.717) is 30.1 Å². The Hall–Kier alpha value is -3.65. The zero-order valence-corrected chi connectivity index (χ0v) is 20.2. The van der Waals surface area contributed by atoms with Crippen molar-refractivity contribution in [3.8, 4) is 17.1 Å². The third-order valence-electron chi connectivity index (χ3n) is 6.51. The molecule has 0 radical (unpaired) electrons. The number of anilines is 1. The minimum atomic E-state index is -0.238. The van der Waals surface area contributed by atoms with Crippen LogP contribution in [0.1, 0.15) is 43.7 Å². The summed E-state index contributed by atoms with van der Waals surface area (Å²) in [6.07, 6.45) is 6.37. The molecule has 0 atom stereocenters. The van der Waals surface area contributed by atoms with Gasteiger partial charge in [0.15, 0.2) is 5.82 Å². The summed E-state index contributed by atoms with van der Waals surface area (Å²) in [6.45, 7) is 6.38. The molecule has 5 rings (SSSR count). The molecule has 4 aromatic rings. The van der Waals surface area contributed by atoms with Crippen LogP contribution in [0.2, 0.25) is 0 Å². The topological polar surface area (TPSA) is 102 Å². The lowest BCUT2D eigenvalue weighted by atomic mass is 10.1. The molecule has 35 heavy (non-hydrogen) atoms. The van der Waals surface area contributed by atoms with Crippen LogP contribution < -0.4 is 16.2 Å². The molecule has 0 aliphatic carbocycles. The lowest BCUT2D eigenvalue weighted by molar-refractivity contribution is 0.298. The van der Waals surface area contributed by atoms with Crippen LogP contribution in [0.3, 0.4) is 0 Å². The van der Waals surface area contributed by atoms with Crippen LogP contribution in [-0.2, 0) is 13.1 Å². The number of hydrogen-bond acceptors (Lipinski definition) is 6. The smallest absolute Gasteiger partial charge is 0.326 e. The average molecular weight is 473 g/mol. The highest BCUT2D eigenvalue weighted by Crippen LogP contribution is 2.24. The van der Waals surface area contributed by atoms with E-state index in [1.165, 1.54) is 31.5 Å². The van der Waals surface area contributed by atoms with Crippen LogP contribution in [0, 0.1) is 0 Å². The van der Waals surface area contributed by atoms with Gasteiger partial charge in [0, 0.05) is 24.4 Å². The van der Waals surface area contributed by atoms with Gasteiger partial charge in [-0.3, -0.25) is 14.5 Å². The number of ether oxygens (including phenoxy) is 1. The number of nitrogens with two attached hydrogens (primary N) is 1. The van der Waals surface area contributed by atoms with Crippen LogP contribution >= 0.6 is 0 Å². The normalized spacial score (nSPS) is 14.1. The van der Waals surface area contributed by atoms with E-state index in [2.05, 4.69) is 46.1 Å². The molecule has 0 amide bonds. The summed E-state index contributed by atoms with van der Waals surface area (Å²) in [5, 5.41) is 0. The maximum absolute atomic E-state index is 12.7. The predicted molar refractivity (Wildman–Crippen MR) is 138 cm³/mol. The quantitative estimate of drug-likeness (QED) is 0.354. The van der Waals surface area contributed by atoms with Gasteiger partial charge in [-0.2, -0.15) is 4.98 Å². The van der Waals surface area contributed by atoms with Crippen molar-refractivity contribution in [2.75, 3.05) is 25.4 Å². The molecule has 1 fully saturated rings. The number of H-pyrrole nitrogens is 1. The molecule has 0 saturated carbocycles. The van der Waals surface area contributed by atoms with Crippen molar-refractivity contribution in [3.63, 3.8) is 0 Å². The van der Waals surface area contributed by atoms with E-state index in [4.69, 9.17) is 15.5 Å². The molecule has 1 saturated heterocycles. The van der Waals surface area contributed by atoms with Crippen molar-refractivity contribution in [2.45, 2.75) is 45.7 Å². The number of imidazole rings is 1. The summed E-state index contributed by atoms with van der Waals surface area (Å²) in [5.74, 6) is 0.686. The number of pyridine rings is 2. The summed E-state index contributed by atoms with van der Waals surface area (Å²) in [4.78, 5) is 27.0. The molecule has 0 bridgehead atoms. The number of likely N-dealkylation sites (tertiary alicyclic amines) is 1. The second-order valence-electron chi connectivity index (χ2n) is 9.19. The van der Waals surface area contributed by atoms with Gasteiger partial charge in [0.2, 0.25) is 5.88 Å². The molecule has 1 aliphatic heterocycles. The Morgan fingerprint density at radius 2 is 1.94 bits per heavy atom. The minimum Gasteiger partial charge on any atom is -0.478 e. The van der Waals surface area contributed by atoms with Gasteiger partial charge in [0.05, 0.1) is 24.4 Å². The van der Waals surface area contributed by atoms with Crippen molar-refractivity contribution in [1.29, 1.82) is 0 Å². The van der Waals surface area contributed by atoms with E-state index in [1.807, 2.05) is 18.3 Å². The predicted octanol–water partition coefficient (Wildman–Crippen LogP) is 4.19. The van der Waals surface area contributed by atoms with Crippen LogP contribution in [0.5, 0.6) is 5.88 Å². The van der Waals surface area contributed by atoms with Gasteiger partial charge in [0.1, 0.15) is 5.52 Å². The van der Waals surface area contributed by atoms with E-state index < -0.39 is 0 Å². The zero-order valence-electron chi connectivity index (χ0n) is 20.2. The lowest BCUT2D eigenvalue weighted by Crippen LogP contribution is -2.18. The van der Waals surface area contributed by atoms with Gasteiger partial charge < -0.3 is 15.5 Å². The summed E-state index contributed by atoms with van der Waals surface area (Å²) in [6, 6.07) is 14.4. The first-order valence-electron chi connectivity index (χ1n) is 12.4. The highest BCUT2D eigenvalue weighted by atomic mass is 16.5. The Kier molecular flexibility index (Phi) is 6.81. The van der Waals surface area contributed by atoms with Crippen molar-refractivity contribution in [1.82, 2.24) is 24.4 Å². The summed E-state index contributed by atoms with van der Waals surface area (Å²) < 4.78 is 7.38. The number of aromatic nitrogens is 4. The first-order valence-corrected chi connectivity index (χ1v) is 12.4. The molecule has 0 spiro atoms. The Balaban J connectivity index is 1.35. The molecule has 3 aromatic heterocycles. The van der Waals surface area contributed by atoms with Gasteiger partial charge >= 0.3 is 5.69 Å². The zero-order chi connectivity index (χ0) is 24.2. The number of hydrogen-bond donors (Lipinski definition) is 2. The van der Waals surface area contributed by atoms with Crippen molar-refractivity contribution in [3.05, 3.63) is 70.3 Å². The fraction of sp³-hybridized carbons (Fsp3) is 0.370. The standard InChI is InChI=1S/C27H32N6O2/c1-2-3-13-35-24-15-23-25(26(28)30-24)31-27(34)33(23)18-20-9-10-22(29-16-20)21-8-6-7-19(14-21)17-32-11-4-5-12-32/h6-10,14-16H,2-5,11-13,17-18H2,1H3,(H2,28,30)(H,31,34). The number of aromatic amines is 1. The number of rotatable bonds is 9. The Labute approximate surface area is 204 Å². The number of fused-ring (bicyclic) bond motifs is 1. The van der Waals surface area contributed by atoms with Gasteiger partial charge in [-0.15, -0.1) is 0 Å². The third kappa shape index (κ3) is 5.22. The van der Waals surface area contributed by atoms with Gasteiger partial charge in [-0.05, 0) is 55.6 Å². The second-order valence-corrected chi connectivity index (χ2v) is 9.19. The van der Waals surface area contributed by atoms with E-state index in [-0.39, 0.29) is 11.5 Å². The maximum Gasteiger partial charge on any atom is 0.326 e. The van der Waals surface area contributed by atoms with Gasteiger partial charge in [-0.25, -0.2) is 4.79 Å². The fourth-order valence-corrected chi connectivity index (χ4v) is 4.60. The van der Waals surface area contributed by atoms with Crippen LogP contribution in [0.4, 0.5) is 5.82 Å². The molecule has 1 aliphatic rings. The molecule has 8 nitrogen and oxygen atoms in total. The van der Waals surface area contributed by atoms with Crippen LogP contribution in [0.15, 0.2) is 53.5 Å². The monoisotopic (exact) mass is 472 g/mol. The third-order valence-corrected chi connectivity index (χ3v) is 6.51. The van der Waals surface area contributed by atoms with E-state index in [9.17, 15) is 4.79 Å². The number of nitrogen functional groups attached to an aromatic ring is 1. The lowest BCUT2D eigenvalue weighted by Gasteiger charge is -2.15. The van der Waals surface area contributed by atoms with Crippen LogP contribution in [0.25, 0.3) is 22.3 Å². The molecule has 4 heterocycles. The first-order chi connectivity index (χ1) is 17.1. The largest absolute Gasteiger partial charge is 0.478 e. The maximum atomic E-state index is 12.7. The molecule has 0 unspecified atom stereocenters. The van der Waals surface area contributed by atoms with Crippen LogP contribution in [-0.4, -0.2) is 44.1 Å². The summed E-state index contributed by atoms with van der Waals surface area (Å²) in [5.41, 5.74) is 11.3. The SMILES string of the molecule is CCCCOc1cc2c([nH]c(=O)n2Cc2ccc(-c3cccc(CN4CCCC4)c3)nc2)c(N)n1. The highest BCUT2D eigenvalue weighted by molar-refractivity contribution is 5.85. The van der Waals surface area contributed by atoms with Gasteiger partial charge in [0.25, 0.3) is 0 Å². The molecule has 1 aromatic carbocycles. The summed E-state index contributed by atoms with van der Waals surface area (Å²) in [7, 11) is 0. The van der Waals surface area contributed by atoms with Crippen molar-refractivity contribution < 1.29 is 4.74 Å². The Bertz CT molecular complexity index is 1350. The Morgan fingerprint density at radius 3 is 2.71 bits per heavy atom. The molecular weight excluding hydrogens is 440 g/mol. The number of nitrogens with zero attached hydrogens (tertiary/aromatic N) is 4. The second kappa shape index (κ2) is 10.3.